The summed E-state index contributed by atoms with van der Waals surface area (Å²) >= 11 is 6.19. The van der Waals surface area contributed by atoms with Gasteiger partial charge in [-0.15, -0.1) is 0 Å². The number of hydrogen-bond donors (Lipinski definition) is 2. The van der Waals surface area contributed by atoms with Gasteiger partial charge in [-0.1, -0.05) is 18.2 Å². The van der Waals surface area contributed by atoms with Crippen LogP contribution in [0.25, 0.3) is 0 Å². The molecule has 2 rings (SSSR count). The van der Waals surface area contributed by atoms with E-state index in [2.05, 4.69) is 22.2 Å². The van der Waals surface area contributed by atoms with Crippen molar-refractivity contribution >= 4 is 29.2 Å². The Bertz CT molecular complexity index is 858. The highest BCUT2D eigenvalue weighted by Crippen LogP contribution is 2.25. The number of nitrogens with one attached hydrogen (secondary N) is 2. The average molecular weight is 392 g/mol. The fourth-order valence-corrected chi connectivity index (χ4v) is 2.40. The third kappa shape index (κ3) is 6.07. The predicted octanol–water partition coefficient (Wildman–Crippen LogP) is 3.10. The first-order chi connectivity index (χ1) is 12.9. The van der Waals surface area contributed by atoms with Gasteiger partial charge in [0.05, 0.1) is 5.69 Å². The molecular weight excluding hydrogens is 373 g/mol. The molecular formula is C19H19ClFN3O3. The minimum Gasteiger partial charge on any atom is -0.484 e. The molecule has 27 heavy (non-hydrogen) atoms. The Balaban J connectivity index is 2.11. The van der Waals surface area contributed by atoms with E-state index in [1.807, 2.05) is 6.92 Å². The standard InChI is InChI=1S/C19H19ClFN3O3/c1-3-18(25)24-19(26)11-27-13-5-6-14(20)12(9-13)10-16-15(21)7-8-17(23-16)22-4-2/h3,5-9H,1,4,10-11H2,2H3,(H,22,23)(H,24,25,26). The van der Waals surface area contributed by atoms with Crippen molar-refractivity contribution in [2.24, 2.45) is 0 Å². The molecule has 142 valence electrons. The molecule has 2 N–H and O–H groups in total. The molecule has 0 radical (unpaired) electrons. The number of rotatable bonds is 8. The monoisotopic (exact) mass is 391 g/mol. The molecule has 2 aromatic rings. The number of hydrogen-bond acceptors (Lipinski definition) is 5. The summed E-state index contributed by atoms with van der Waals surface area (Å²) in [5, 5.41) is 5.52. The Labute approximate surface area is 161 Å². The van der Waals surface area contributed by atoms with Gasteiger partial charge in [0.2, 0.25) is 5.91 Å². The lowest BCUT2D eigenvalue weighted by Gasteiger charge is -2.11. The van der Waals surface area contributed by atoms with Crippen molar-refractivity contribution in [1.29, 1.82) is 0 Å². The van der Waals surface area contributed by atoms with Gasteiger partial charge in [-0.05, 0) is 48.9 Å². The Kier molecular flexibility index (Phi) is 7.31. The number of pyridine rings is 1. The van der Waals surface area contributed by atoms with Crippen molar-refractivity contribution in [3.63, 3.8) is 0 Å². The van der Waals surface area contributed by atoms with E-state index in [0.717, 1.165) is 6.08 Å². The summed E-state index contributed by atoms with van der Waals surface area (Å²) in [6, 6.07) is 7.67. The van der Waals surface area contributed by atoms with Crippen LogP contribution in [0.4, 0.5) is 10.2 Å². The zero-order valence-corrected chi connectivity index (χ0v) is 15.5. The maximum atomic E-state index is 14.1. The predicted molar refractivity (Wildman–Crippen MR) is 101 cm³/mol. The fraction of sp³-hybridized carbons (Fsp3) is 0.211. The molecule has 0 aliphatic carbocycles. The Morgan fingerprint density at radius 3 is 2.81 bits per heavy atom. The molecule has 1 aromatic heterocycles. The van der Waals surface area contributed by atoms with Crippen LogP contribution >= 0.6 is 11.6 Å². The molecule has 1 heterocycles. The molecule has 6 nitrogen and oxygen atoms in total. The van der Waals surface area contributed by atoms with Crippen LogP contribution in [0.3, 0.4) is 0 Å². The molecule has 0 bridgehead atoms. The number of carbonyl (C=O) groups excluding carboxylic acids is 2. The number of aromatic nitrogens is 1. The third-order valence-electron chi connectivity index (χ3n) is 3.47. The van der Waals surface area contributed by atoms with Crippen LogP contribution in [-0.4, -0.2) is 29.9 Å². The van der Waals surface area contributed by atoms with Crippen molar-refractivity contribution in [2.75, 3.05) is 18.5 Å². The molecule has 0 saturated heterocycles. The maximum absolute atomic E-state index is 14.1. The molecule has 2 amide bonds. The van der Waals surface area contributed by atoms with Crippen molar-refractivity contribution < 1.29 is 18.7 Å². The molecule has 0 fully saturated rings. The van der Waals surface area contributed by atoms with Crippen molar-refractivity contribution in [1.82, 2.24) is 10.3 Å². The molecule has 0 atom stereocenters. The number of benzene rings is 1. The van der Waals surface area contributed by atoms with Gasteiger partial charge in [0.15, 0.2) is 6.61 Å². The second kappa shape index (κ2) is 9.68. The van der Waals surface area contributed by atoms with Crippen LogP contribution in [0.5, 0.6) is 5.75 Å². The number of ether oxygens (including phenoxy) is 1. The lowest BCUT2D eigenvalue weighted by Crippen LogP contribution is -2.33. The summed E-state index contributed by atoms with van der Waals surface area (Å²) in [6.07, 6.45) is 1.14. The summed E-state index contributed by atoms with van der Waals surface area (Å²) in [7, 11) is 0. The first kappa shape index (κ1) is 20.4. The van der Waals surface area contributed by atoms with E-state index < -0.39 is 17.6 Å². The Hall–Kier alpha value is -2.93. The van der Waals surface area contributed by atoms with Gasteiger partial charge in [0.25, 0.3) is 5.91 Å². The second-order valence-corrected chi connectivity index (χ2v) is 5.90. The van der Waals surface area contributed by atoms with E-state index in [0.29, 0.717) is 28.7 Å². The van der Waals surface area contributed by atoms with Crippen molar-refractivity contribution in [2.45, 2.75) is 13.3 Å². The Morgan fingerprint density at radius 1 is 1.33 bits per heavy atom. The maximum Gasteiger partial charge on any atom is 0.264 e. The highest BCUT2D eigenvalue weighted by molar-refractivity contribution is 6.31. The summed E-state index contributed by atoms with van der Waals surface area (Å²) in [6.45, 7) is 5.48. The quantitative estimate of drug-likeness (QED) is 0.676. The fourth-order valence-electron chi connectivity index (χ4n) is 2.22. The number of imide groups is 1. The van der Waals surface area contributed by atoms with E-state index >= 15 is 0 Å². The molecule has 0 saturated carbocycles. The van der Waals surface area contributed by atoms with E-state index in [-0.39, 0.29) is 18.7 Å². The third-order valence-corrected chi connectivity index (χ3v) is 3.84. The van der Waals surface area contributed by atoms with Gasteiger partial charge in [-0.25, -0.2) is 9.37 Å². The van der Waals surface area contributed by atoms with Crippen LogP contribution in [0.15, 0.2) is 43.0 Å². The van der Waals surface area contributed by atoms with Gasteiger partial charge in [-0.3, -0.25) is 14.9 Å². The largest absolute Gasteiger partial charge is 0.484 e. The molecule has 0 spiro atoms. The SMILES string of the molecule is C=CC(=O)NC(=O)COc1ccc(Cl)c(Cc2nc(NCC)ccc2F)c1. The molecule has 0 aliphatic heterocycles. The molecule has 1 aromatic carbocycles. The highest BCUT2D eigenvalue weighted by Gasteiger charge is 2.12. The lowest BCUT2D eigenvalue weighted by molar-refractivity contribution is -0.129. The van der Waals surface area contributed by atoms with E-state index in [1.165, 1.54) is 6.07 Å². The summed E-state index contributed by atoms with van der Waals surface area (Å²) in [4.78, 5) is 26.9. The van der Waals surface area contributed by atoms with E-state index in [9.17, 15) is 14.0 Å². The summed E-state index contributed by atoms with van der Waals surface area (Å²) in [5.74, 6) is -0.730. The summed E-state index contributed by atoms with van der Waals surface area (Å²) in [5.41, 5.74) is 0.832. The van der Waals surface area contributed by atoms with Gasteiger partial charge in [0, 0.05) is 18.0 Å². The van der Waals surface area contributed by atoms with Crippen LogP contribution in [-0.2, 0) is 16.0 Å². The van der Waals surface area contributed by atoms with Gasteiger partial charge >= 0.3 is 0 Å². The number of halogens is 2. The van der Waals surface area contributed by atoms with Crippen LogP contribution in [0, 0.1) is 5.82 Å². The van der Waals surface area contributed by atoms with E-state index in [1.54, 1.807) is 24.3 Å². The lowest BCUT2D eigenvalue weighted by atomic mass is 10.1. The van der Waals surface area contributed by atoms with Crippen molar-refractivity contribution in [3.8, 4) is 5.75 Å². The summed E-state index contributed by atoms with van der Waals surface area (Å²) < 4.78 is 19.4. The highest BCUT2D eigenvalue weighted by atomic mass is 35.5. The van der Waals surface area contributed by atoms with Gasteiger partial charge in [-0.2, -0.15) is 0 Å². The average Bonchev–Trinajstić information content (AvgIpc) is 2.65. The minimum absolute atomic E-state index is 0.155. The first-order valence-corrected chi connectivity index (χ1v) is 8.57. The second-order valence-electron chi connectivity index (χ2n) is 5.49. The molecule has 0 unspecified atom stereocenters. The van der Waals surface area contributed by atoms with E-state index in [4.69, 9.17) is 16.3 Å². The number of nitrogens with zero attached hydrogens (tertiary/aromatic N) is 1. The normalized spacial score (nSPS) is 10.2. The number of carbonyl (C=O) groups is 2. The smallest absolute Gasteiger partial charge is 0.264 e. The topological polar surface area (TPSA) is 80.3 Å². The molecule has 8 heteroatoms. The zero-order chi connectivity index (χ0) is 19.8. The zero-order valence-electron chi connectivity index (χ0n) is 14.7. The van der Waals surface area contributed by atoms with Gasteiger partial charge in [0.1, 0.15) is 17.4 Å². The first-order valence-electron chi connectivity index (χ1n) is 8.19. The minimum atomic E-state index is -0.609. The van der Waals surface area contributed by atoms with Gasteiger partial charge < -0.3 is 10.1 Å². The Morgan fingerprint density at radius 2 is 2.11 bits per heavy atom. The van der Waals surface area contributed by atoms with Crippen LogP contribution in [0.1, 0.15) is 18.2 Å². The van der Waals surface area contributed by atoms with Crippen LogP contribution in [0.2, 0.25) is 5.02 Å². The molecule has 0 aliphatic rings. The van der Waals surface area contributed by atoms with Crippen LogP contribution < -0.4 is 15.4 Å². The number of amides is 2. The van der Waals surface area contributed by atoms with Crippen molar-refractivity contribution in [3.05, 3.63) is 65.1 Å². The number of anilines is 1.